The maximum absolute atomic E-state index is 12.2. The summed E-state index contributed by atoms with van der Waals surface area (Å²) in [6.07, 6.45) is 6.31. The first-order valence-electron chi connectivity index (χ1n) is 16.1. The van der Waals surface area contributed by atoms with Gasteiger partial charge in [0, 0.05) is 31.9 Å². The van der Waals surface area contributed by atoms with Gasteiger partial charge >= 0.3 is 11.9 Å². The van der Waals surface area contributed by atoms with E-state index in [1.807, 2.05) is 6.92 Å². The molecule has 0 radical (unpaired) electrons. The van der Waals surface area contributed by atoms with Crippen molar-refractivity contribution in [1.82, 2.24) is 0 Å². The fraction of sp³-hybridized carbons (Fsp3) is 0.788. The molecule has 0 saturated carbocycles. The predicted octanol–water partition coefficient (Wildman–Crippen LogP) is 2.90. The van der Waals surface area contributed by atoms with E-state index >= 15 is 0 Å². The average molecular weight is 641 g/mol. The van der Waals surface area contributed by atoms with E-state index in [9.17, 15) is 29.7 Å². The van der Waals surface area contributed by atoms with Gasteiger partial charge in [0.05, 0.1) is 44.2 Å². The van der Waals surface area contributed by atoms with Gasteiger partial charge in [-0.05, 0) is 75.9 Å². The fourth-order valence-electron chi connectivity index (χ4n) is 6.30. The van der Waals surface area contributed by atoms with Crippen LogP contribution in [0.25, 0.3) is 0 Å². The second-order valence-electron chi connectivity index (χ2n) is 12.8. The molecule has 3 aliphatic heterocycles. The van der Waals surface area contributed by atoms with Crippen LogP contribution in [0.5, 0.6) is 0 Å². The largest absolute Gasteiger partial charge is 0.466 e. The topological polar surface area (TPSA) is 167 Å². The van der Waals surface area contributed by atoms with Gasteiger partial charge in [-0.15, -0.1) is 0 Å². The second-order valence-corrected chi connectivity index (χ2v) is 12.8. The van der Waals surface area contributed by atoms with Crippen molar-refractivity contribution in [3.8, 4) is 0 Å². The molecular formula is C33H52O12. The van der Waals surface area contributed by atoms with Crippen LogP contribution in [0.3, 0.4) is 0 Å². The number of ether oxygens (including phenoxy) is 6. The van der Waals surface area contributed by atoms with Crippen molar-refractivity contribution in [3.05, 3.63) is 23.8 Å². The monoisotopic (exact) mass is 640 g/mol. The number of carbonyl (C=O) groups excluding carboxylic acids is 3. The van der Waals surface area contributed by atoms with E-state index in [1.165, 1.54) is 27.0 Å². The third-order valence-electron chi connectivity index (χ3n) is 8.58. The van der Waals surface area contributed by atoms with Gasteiger partial charge in [-0.3, -0.25) is 9.59 Å². The maximum Gasteiger partial charge on any atom is 0.330 e. The number of Topliss-reactive ketones (excluding diaryl/α,β-unsaturated/α-hetero) is 1. The van der Waals surface area contributed by atoms with E-state index in [4.69, 9.17) is 28.4 Å². The smallest absolute Gasteiger partial charge is 0.330 e. The first kappa shape index (κ1) is 37.3. The zero-order valence-electron chi connectivity index (χ0n) is 27.2. The number of aliphatic hydroxyl groups excluding tert-OH is 2. The zero-order valence-corrected chi connectivity index (χ0v) is 27.2. The Bertz CT molecular complexity index is 1040. The number of carbonyl (C=O) groups is 3. The van der Waals surface area contributed by atoms with Crippen molar-refractivity contribution < 1.29 is 58.1 Å². The molecule has 0 bridgehead atoms. The molecule has 256 valence electrons. The van der Waals surface area contributed by atoms with Crippen molar-refractivity contribution in [3.63, 3.8) is 0 Å². The van der Waals surface area contributed by atoms with Crippen LogP contribution < -0.4 is 0 Å². The van der Waals surface area contributed by atoms with Crippen molar-refractivity contribution in [2.24, 2.45) is 11.8 Å². The molecule has 3 rings (SSSR count). The highest BCUT2D eigenvalue weighted by molar-refractivity contribution is 5.83. The van der Waals surface area contributed by atoms with Crippen LogP contribution >= 0.6 is 0 Å². The molecule has 12 heteroatoms. The van der Waals surface area contributed by atoms with Gasteiger partial charge < -0.3 is 43.7 Å². The van der Waals surface area contributed by atoms with E-state index in [-0.39, 0.29) is 49.5 Å². The molecular weight excluding hydrogens is 588 g/mol. The van der Waals surface area contributed by atoms with Gasteiger partial charge in [0.15, 0.2) is 12.4 Å². The molecule has 0 spiro atoms. The summed E-state index contributed by atoms with van der Waals surface area (Å²) in [5.41, 5.74) is 0.353. The molecule has 45 heavy (non-hydrogen) atoms. The molecule has 10 atom stereocenters. The summed E-state index contributed by atoms with van der Waals surface area (Å²) in [4.78, 5) is 35.6. The molecule has 3 saturated heterocycles. The summed E-state index contributed by atoms with van der Waals surface area (Å²) in [6, 6.07) is 0. The number of esters is 2. The summed E-state index contributed by atoms with van der Waals surface area (Å²) in [5, 5.41) is 31.7. The third-order valence-corrected chi connectivity index (χ3v) is 8.58. The van der Waals surface area contributed by atoms with Gasteiger partial charge in [-0.2, -0.15) is 0 Å². The number of rotatable bonds is 14. The van der Waals surface area contributed by atoms with Gasteiger partial charge in [-0.25, -0.2) is 4.79 Å². The van der Waals surface area contributed by atoms with E-state index < -0.39 is 48.2 Å². The molecule has 3 heterocycles. The van der Waals surface area contributed by atoms with Gasteiger partial charge in [0.2, 0.25) is 5.79 Å². The number of aliphatic hydroxyl groups is 3. The Morgan fingerprint density at radius 3 is 2.42 bits per heavy atom. The van der Waals surface area contributed by atoms with Crippen molar-refractivity contribution in [2.45, 2.75) is 134 Å². The van der Waals surface area contributed by atoms with Crippen LogP contribution in [-0.2, 0) is 42.8 Å². The maximum atomic E-state index is 12.2. The van der Waals surface area contributed by atoms with Crippen LogP contribution in [0, 0.1) is 11.8 Å². The quantitative estimate of drug-likeness (QED) is 0.145. The first-order valence-corrected chi connectivity index (χ1v) is 16.1. The minimum Gasteiger partial charge on any atom is -0.466 e. The van der Waals surface area contributed by atoms with Crippen LogP contribution in [-0.4, -0.2) is 102 Å². The molecule has 0 aromatic carbocycles. The standard InChI is InChI=1S/C33H52O12/c1-20(19-34)13-29-15-24(16-30(38)40-5)32(42-23(4)36)33(39,45-29)21(2)9-10-31-41-12-11-28(44-31)18-27-8-6-7-26(43-27)17-25(37)14-22(3)35/h9-10,16,20-21,25-29,31-32,34,37,39H,6-8,11-15,17-19H2,1-5H3/b10-9+,24-16+/t20?,21-,25-,26-,27+,28-,29?,31-,32-,33-/m0/s1. The highest BCUT2D eigenvalue weighted by Crippen LogP contribution is 2.41. The Kier molecular flexibility index (Phi) is 14.6. The lowest BCUT2D eigenvalue weighted by Crippen LogP contribution is -2.58. The Morgan fingerprint density at radius 1 is 1.04 bits per heavy atom. The molecule has 0 aliphatic carbocycles. The summed E-state index contributed by atoms with van der Waals surface area (Å²) in [5.74, 6) is -4.27. The van der Waals surface area contributed by atoms with Crippen LogP contribution in [0.1, 0.15) is 85.5 Å². The molecule has 0 aromatic heterocycles. The summed E-state index contributed by atoms with van der Waals surface area (Å²) in [6.45, 7) is 6.62. The Morgan fingerprint density at radius 2 is 1.76 bits per heavy atom. The molecule has 0 amide bonds. The molecule has 3 aliphatic rings. The van der Waals surface area contributed by atoms with E-state index in [2.05, 4.69) is 0 Å². The lowest BCUT2D eigenvalue weighted by molar-refractivity contribution is -0.305. The Balaban J connectivity index is 1.69. The fourth-order valence-corrected chi connectivity index (χ4v) is 6.30. The van der Waals surface area contributed by atoms with Gasteiger partial charge in [-0.1, -0.05) is 19.9 Å². The summed E-state index contributed by atoms with van der Waals surface area (Å²) < 4.78 is 34.8. The van der Waals surface area contributed by atoms with Crippen LogP contribution in [0.15, 0.2) is 23.8 Å². The minimum atomic E-state index is -2.04. The van der Waals surface area contributed by atoms with Crippen LogP contribution in [0.2, 0.25) is 0 Å². The normalized spacial score (nSPS) is 33.8. The number of hydrogen-bond donors (Lipinski definition) is 3. The molecule has 0 aromatic rings. The van der Waals surface area contributed by atoms with Crippen molar-refractivity contribution >= 4 is 17.7 Å². The summed E-state index contributed by atoms with van der Waals surface area (Å²) in [7, 11) is 1.24. The van der Waals surface area contributed by atoms with E-state index in [0.29, 0.717) is 37.9 Å². The van der Waals surface area contributed by atoms with E-state index in [0.717, 1.165) is 19.3 Å². The lowest BCUT2D eigenvalue weighted by Gasteiger charge is -2.46. The minimum absolute atomic E-state index is 0.0287. The average Bonchev–Trinajstić information content (AvgIpc) is 2.97. The predicted molar refractivity (Wildman–Crippen MR) is 162 cm³/mol. The third kappa shape index (κ3) is 11.5. The SMILES string of the molecule is COC(=O)/C=C1\CC(CC(C)CO)O[C@@](O)([C@@H](C)/C=C/[C@H]2OCC[C@@H](C[C@H]3CCC[C@@H](C[C@@H](O)CC(C)=O)O3)O2)[C@H]1OC(C)=O. The van der Waals surface area contributed by atoms with Gasteiger partial charge in [0.1, 0.15) is 5.78 Å². The Labute approximate surface area is 266 Å². The van der Waals surface area contributed by atoms with Crippen molar-refractivity contribution in [1.29, 1.82) is 0 Å². The van der Waals surface area contributed by atoms with Crippen molar-refractivity contribution in [2.75, 3.05) is 20.3 Å². The first-order chi connectivity index (χ1) is 21.3. The highest BCUT2D eigenvalue weighted by atomic mass is 16.7. The molecule has 3 N–H and O–H groups in total. The summed E-state index contributed by atoms with van der Waals surface area (Å²) >= 11 is 0. The van der Waals surface area contributed by atoms with Crippen LogP contribution in [0.4, 0.5) is 0 Å². The van der Waals surface area contributed by atoms with Gasteiger partial charge in [0.25, 0.3) is 0 Å². The number of ketones is 1. The highest BCUT2D eigenvalue weighted by Gasteiger charge is 2.52. The number of methoxy groups -OCH3 is 1. The number of hydrogen-bond acceptors (Lipinski definition) is 12. The lowest BCUT2D eigenvalue weighted by atomic mass is 9.82. The second kappa shape index (κ2) is 17.7. The molecule has 12 nitrogen and oxygen atoms in total. The van der Waals surface area contributed by atoms with E-state index in [1.54, 1.807) is 19.1 Å². The molecule has 2 unspecified atom stereocenters. The Hall–Kier alpha value is -2.19. The molecule has 3 fully saturated rings. The zero-order chi connectivity index (χ0) is 33.1.